The van der Waals surface area contributed by atoms with Crippen LogP contribution >= 0.6 is 0 Å². The van der Waals surface area contributed by atoms with Gasteiger partial charge in [-0.2, -0.15) is 10.5 Å². The predicted octanol–water partition coefficient (Wildman–Crippen LogP) is 5.70. The fraction of sp³-hybridized carbons (Fsp3) is 0.682. The number of benzene rings is 1. The Bertz CT molecular complexity index is 604. The molecule has 0 spiro atoms. The first-order chi connectivity index (χ1) is 13.6. The standard InChI is InChI=1S/C22H37N5O/c1-4-5-6-7-8-9-10-14-17-22(19(2)3)24-26-27(25-22)18-21(28)23-20-15-12-11-13-16-20/h11-13,15-16,19,25H,4-10,14,17-18H2,1-3H3,(H,23,28). The summed E-state index contributed by atoms with van der Waals surface area (Å²) in [4.78, 5) is 12.3. The summed E-state index contributed by atoms with van der Waals surface area (Å²) in [5.41, 5.74) is 3.77. The Morgan fingerprint density at radius 2 is 1.71 bits per heavy atom. The zero-order valence-corrected chi connectivity index (χ0v) is 17.8. The van der Waals surface area contributed by atoms with Crippen molar-refractivity contribution in [1.29, 1.82) is 0 Å². The van der Waals surface area contributed by atoms with Crippen LogP contribution in [0.4, 0.5) is 5.69 Å². The molecule has 1 unspecified atom stereocenters. The van der Waals surface area contributed by atoms with Gasteiger partial charge in [0.25, 0.3) is 0 Å². The molecule has 6 nitrogen and oxygen atoms in total. The lowest BCUT2D eigenvalue weighted by Crippen LogP contribution is -2.51. The fourth-order valence-corrected chi connectivity index (χ4v) is 3.50. The highest BCUT2D eigenvalue weighted by Crippen LogP contribution is 2.30. The first-order valence-electron chi connectivity index (χ1n) is 10.9. The number of anilines is 1. The smallest absolute Gasteiger partial charge is 0.247 e. The third-order valence-electron chi connectivity index (χ3n) is 5.37. The van der Waals surface area contributed by atoms with Crippen molar-refractivity contribution in [2.45, 2.75) is 84.2 Å². The molecule has 0 radical (unpaired) electrons. The van der Waals surface area contributed by atoms with Gasteiger partial charge < -0.3 is 5.32 Å². The molecule has 0 saturated heterocycles. The second-order valence-electron chi connectivity index (χ2n) is 8.08. The molecule has 0 aliphatic carbocycles. The number of amides is 1. The number of carbonyl (C=O) groups excluding carboxylic acids is 1. The molecule has 0 bridgehead atoms. The third kappa shape index (κ3) is 7.23. The maximum Gasteiger partial charge on any atom is 0.247 e. The number of carbonyl (C=O) groups is 1. The Morgan fingerprint density at radius 1 is 1.07 bits per heavy atom. The van der Waals surface area contributed by atoms with E-state index in [2.05, 4.69) is 41.9 Å². The Kier molecular flexibility index (Phi) is 9.41. The van der Waals surface area contributed by atoms with Gasteiger partial charge in [0.2, 0.25) is 5.91 Å². The van der Waals surface area contributed by atoms with E-state index in [0.29, 0.717) is 5.92 Å². The van der Waals surface area contributed by atoms with Crippen LogP contribution in [0.15, 0.2) is 40.7 Å². The summed E-state index contributed by atoms with van der Waals surface area (Å²) in [6.45, 7) is 6.71. The number of rotatable bonds is 13. The highest BCUT2D eigenvalue weighted by molar-refractivity contribution is 5.92. The predicted molar refractivity (Wildman–Crippen MR) is 115 cm³/mol. The van der Waals surface area contributed by atoms with Crippen molar-refractivity contribution in [2.75, 3.05) is 11.9 Å². The van der Waals surface area contributed by atoms with Crippen molar-refractivity contribution in [3.05, 3.63) is 30.3 Å². The van der Waals surface area contributed by atoms with Gasteiger partial charge in [0.15, 0.2) is 5.66 Å². The second-order valence-corrected chi connectivity index (χ2v) is 8.08. The summed E-state index contributed by atoms with van der Waals surface area (Å²) in [5, 5.41) is 13.2. The fourth-order valence-electron chi connectivity index (χ4n) is 3.50. The minimum atomic E-state index is -0.394. The van der Waals surface area contributed by atoms with Crippen LogP contribution in [-0.2, 0) is 4.79 Å². The molecule has 6 heteroatoms. The molecule has 1 heterocycles. The lowest BCUT2D eigenvalue weighted by molar-refractivity contribution is -0.118. The van der Waals surface area contributed by atoms with Gasteiger partial charge in [-0.1, -0.05) is 89.1 Å². The topological polar surface area (TPSA) is 69.1 Å². The molecule has 1 aromatic rings. The molecular weight excluding hydrogens is 350 g/mol. The van der Waals surface area contributed by atoms with Crippen molar-refractivity contribution in [3.8, 4) is 0 Å². The summed E-state index contributed by atoms with van der Waals surface area (Å²) in [6, 6.07) is 9.47. The van der Waals surface area contributed by atoms with Crippen LogP contribution in [0.1, 0.15) is 78.6 Å². The van der Waals surface area contributed by atoms with Gasteiger partial charge in [0.1, 0.15) is 6.54 Å². The molecule has 2 N–H and O–H groups in total. The summed E-state index contributed by atoms with van der Waals surface area (Å²) in [7, 11) is 0. The number of hydrogen-bond donors (Lipinski definition) is 2. The van der Waals surface area contributed by atoms with Gasteiger partial charge in [0.05, 0.1) is 0 Å². The molecule has 1 amide bonds. The maximum absolute atomic E-state index is 12.3. The summed E-state index contributed by atoms with van der Waals surface area (Å²) < 4.78 is 0. The Balaban J connectivity index is 1.72. The first-order valence-corrected chi connectivity index (χ1v) is 10.9. The second kappa shape index (κ2) is 11.8. The largest absolute Gasteiger partial charge is 0.324 e. The van der Waals surface area contributed by atoms with Crippen LogP contribution in [0, 0.1) is 5.92 Å². The van der Waals surface area contributed by atoms with E-state index in [0.717, 1.165) is 18.5 Å². The van der Waals surface area contributed by atoms with Crippen molar-refractivity contribution < 1.29 is 4.79 Å². The Morgan fingerprint density at radius 3 is 2.36 bits per heavy atom. The summed E-state index contributed by atoms with van der Waals surface area (Å²) in [6.07, 6.45) is 11.3. The van der Waals surface area contributed by atoms with Crippen LogP contribution in [0.2, 0.25) is 0 Å². The Hall–Kier alpha value is -1.95. The van der Waals surface area contributed by atoms with Gasteiger partial charge in [-0.25, -0.2) is 0 Å². The van der Waals surface area contributed by atoms with Crippen LogP contribution in [0.25, 0.3) is 0 Å². The first kappa shape index (κ1) is 22.3. The molecule has 1 aliphatic rings. The van der Waals surface area contributed by atoms with Crippen LogP contribution in [0.3, 0.4) is 0 Å². The molecular formula is C22H37N5O. The zero-order chi connectivity index (χ0) is 20.2. The number of unbranched alkanes of at least 4 members (excludes halogenated alkanes) is 7. The monoisotopic (exact) mass is 387 g/mol. The average molecular weight is 388 g/mol. The molecule has 156 valence electrons. The van der Waals surface area contributed by atoms with E-state index in [1.165, 1.54) is 44.9 Å². The number of para-hydroxylation sites is 1. The zero-order valence-electron chi connectivity index (χ0n) is 17.8. The normalized spacial score (nSPS) is 18.8. The van der Waals surface area contributed by atoms with Crippen molar-refractivity contribution in [1.82, 2.24) is 10.5 Å². The molecule has 1 aromatic carbocycles. The quantitative estimate of drug-likeness (QED) is 0.427. The van der Waals surface area contributed by atoms with Gasteiger partial charge in [0, 0.05) is 5.69 Å². The molecule has 28 heavy (non-hydrogen) atoms. The molecule has 2 rings (SSSR count). The van der Waals surface area contributed by atoms with E-state index in [-0.39, 0.29) is 12.5 Å². The van der Waals surface area contributed by atoms with E-state index < -0.39 is 5.66 Å². The van der Waals surface area contributed by atoms with E-state index in [1.54, 1.807) is 5.12 Å². The van der Waals surface area contributed by atoms with Crippen molar-refractivity contribution >= 4 is 11.6 Å². The average Bonchev–Trinajstić information content (AvgIpc) is 3.09. The Labute approximate surface area is 170 Å². The molecule has 1 atom stereocenters. The lowest BCUT2D eigenvalue weighted by Gasteiger charge is -2.30. The van der Waals surface area contributed by atoms with Gasteiger partial charge in [-0.05, 0) is 30.9 Å². The van der Waals surface area contributed by atoms with Crippen molar-refractivity contribution in [3.63, 3.8) is 0 Å². The molecule has 0 aromatic heterocycles. The highest BCUT2D eigenvalue weighted by Gasteiger charge is 2.39. The summed E-state index contributed by atoms with van der Waals surface area (Å²) in [5.74, 6) is 0.201. The van der Waals surface area contributed by atoms with Gasteiger partial charge >= 0.3 is 0 Å². The maximum atomic E-state index is 12.3. The van der Waals surface area contributed by atoms with Crippen LogP contribution in [0.5, 0.6) is 0 Å². The number of nitrogens with one attached hydrogen (secondary N) is 2. The number of nitrogens with zero attached hydrogens (tertiary/aromatic N) is 3. The van der Waals surface area contributed by atoms with Gasteiger partial charge in [-0.15, -0.1) is 5.11 Å². The minimum absolute atomic E-state index is 0.107. The third-order valence-corrected chi connectivity index (χ3v) is 5.37. The van der Waals surface area contributed by atoms with E-state index in [1.807, 2.05) is 30.3 Å². The van der Waals surface area contributed by atoms with Gasteiger partial charge in [-0.3, -0.25) is 4.79 Å². The van der Waals surface area contributed by atoms with Crippen LogP contribution < -0.4 is 10.7 Å². The summed E-state index contributed by atoms with van der Waals surface area (Å²) >= 11 is 0. The SMILES string of the molecule is CCCCCCCCCCC1(C(C)C)N=NN(CC(=O)Nc2ccccc2)N1. The number of hydrogen-bond acceptors (Lipinski definition) is 5. The van der Waals surface area contributed by atoms with E-state index in [9.17, 15) is 4.79 Å². The van der Waals surface area contributed by atoms with E-state index >= 15 is 0 Å². The number of hydrazine groups is 1. The van der Waals surface area contributed by atoms with E-state index in [4.69, 9.17) is 0 Å². The van der Waals surface area contributed by atoms with Crippen molar-refractivity contribution in [2.24, 2.45) is 16.3 Å². The van der Waals surface area contributed by atoms with Crippen LogP contribution in [-0.4, -0.2) is 23.2 Å². The molecule has 0 saturated carbocycles. The molecule has 1 aliphatic heterocycles. The highest BCUT2D eigenvalue weighted by atomic mass is 16.2. The minimum Gasteiger partial charge on any atom is -0.324 e. The molecule has 0 fully saturated rings. The lowest BCUT2D eigenvalue weighted by atomic mass is 9.91.